The van der Waals surface area contributed by atoms with Crippen LogP contribution in [0, 0.1) is 18.3 Å². The van der Waals surface area contributed by atoms with Gasteiger partial charge in [0.1, 0.15) is 11.2 Å². The second-order valence-corrected chi connectivity index (χ2v) is 9.65. The fourth-order valence-corrected chi connectivity index (χ4v) is 5.62. The Bertz CT molecular complexity index is 1230. The van der Waals surface area contributed by atoms with Crippen LogP contribution in [-0.4, -0.2) is 53.6 Å². The molecule has 0 spiro atoms. The highest BCUT2D eigenvalue weighted by atomic mass is 35.5. The van der Waals surface area contributed by atoms with E-state index < -0.39 is 10.0 Å². The molecule has 7 nitrogen and oxygen atoms in total. The summed E-state index contributed by atoms with van der Waals surface area (Å²) in [6.45, 7) is 4.37. The minimum atomic E-state index is -3.71. The molecule has 1 saturated heterocycles. The zero-order valence-corrected chi connectivity index (χ0v) is 18.6. The van der Waals surface area contributed by atoms with Crippen molar-refractivity contribution < 1.29 is 8.42 Å². The number of nitrogens with zero attached hydrogens (tertiary/aromatic N) is 5. The molecule has 31 heavy (non-hydrogen) atoms. The molecule has 2 aromatic carbocycles. The number of piperazine rings is 1. The molecule has 0 aliphatic carbocycles. The number of rotatable bonds is 5. The van der Waals surface area contributed by atoms with E-state index in [9.17, 15) is 13.7 Å². The normalized spacial score (nSPS) is 15.6. The van der Waals surface area contributed by atoms with Gasteiger partial charge in [-0.05, 0) is 31.2 Å². The summed E-state index contributed by atoms with van der Waals surface area (Å²) in [7, 11) is -3.71. The largest absolute Gasteiger partial charge is 0.296 e. The van der Waals surface area contributed by atoms with Crippen LogP contribution in [0.3, 0.4) is 0 Å². The molecule has 3 aromatic rings. The fraction of sp³-hybridized carbons (Fsp3) is 0.273. The van der Waals surface area contributed by atoms with E-state index in [4.69, 9.17) is 11.6 Å². The van der Waals surface area contributed by atoms with Gasteiger partial charge in [-0.25, -0.2) is 13.1 Å². The van der Waals surface area contributed by atoms with E-state index in [2.05, 4.69) is 10.00 Å². The molecular weight excluding hydrogens is 434 g/mol. The van der Waals surface area contributed by atoms with Crippen molar-refractivity contribution in [1.82, 2.24) is 19.0 Å². The van der Waals surface area contributed by atoms with Gasteiger partial charge in [0.2, 0.25) is 10.0 Å². The predicted molar refractivity (Wildman–Crippen MR) is 119 cm³/mol. The van der Waals surface area contributed by atoms with Gasteiger partial charge >= 0.3 is 0 Å². The SMILES string of the molecule is Cc1nn(-c2ccccc2)c(Cl)c1CN1CCN(S(=O)(=O)c2ccccc2C#N)CC1. The van der Waals surface area contributed by atoms with Crippen LogP contribution in [0.4, 0.5) is 0 Å². The molecule has 4 rings (SSSR count). The maximum absolute atomic E-state index is 13.0. The van der Waals surface area contributed by atoms with Crippen molar-refractivity contribution in [3.05, 3.63) is 76.6 Å². The fourth-order valence-electron chi connectivity index (χ4n) is 3.73. The Kier molecular flexibility index (Phi) is 6.12. The first-order valence-electron chi connectivity index (χ1n) is 9.93. The summed E-state index contributed by atoms with van der Waals surface area (Å²) in [5.41, 5.74) is 2.86. The molecule has 0 amide bonds. The van der Waals surface area contributed by atoms with Crippen molar-refractivity contribution in [1.29, 1.82) is 5.26 Å². The maximum atomic E-state index is 13.0. The number of halogens is 1. The summed E-state index contributed by atoms with van der Waals surface area (Å²) >= 11 is 6.63. The van der Waals surface area contributed by atoms with Crippen LogP contribution in [0.1, 0.15) is 16.8 Å². The van der Waals surface area contributed by atoms with E-state index in [1.165, 1.54) is 16.4 Å². The van der Waals surface area contributed by atoms with Crippen LogP contribution in [0.2, 0.25) is 5.15 Å². The smallest absolute Gasteiger partial charge is 0.244 e. The summed E-state index contributed by atoms with van der Waals surface area (Å²) in [6.07, 6.45) is 0. The first kappa shape index (κ1) is 21.5. The van der Waals surface area contributed by atoms with Gasteiger partial charge in [0, 0.05) is 38.3 Å². The highest BCUT2D eigenvalue weighted by Crippen LogP contribution is 2.26. The molecule has 0 atom stereocenters. The Balaban J connectivity index is 1.47. The number of aryl methyl sites for hydroxylation is 1. The van der Waals surface area contributed by atoms with Gasteiger partial charge < -0.3 is 0 Å². The molecule has 1 aromatic heterocycles. The Morgan fingerprint density at radius 1 is 1.03 bits per heavy atom. The molecule has 0 saturated carbocycles. The number of hydrogen-bond acceptors (Lipinski definition) is 5. The van der Waals surface area contributed by atoms with Gasteiger partial charge in [0.25, 0.3) is 0 Å². The minimum Gasteiger partial charge on any atom is -0.296 e. The Hall–Kier alpha value is -2.70. The summed E-state index contributed by atoms with van der Waals surface area (Å²) in [5.74, 6) is 0. The van der Waals surface area contributed by atoms with Crippen LogP contribution in [0.15, 0.2) is 59.5 Å². The second kappa shape index (κ2) is 8.81. The summed E-state index contributed by atoms with van der Waals surface area (Å²) in [5, 5.41) is 14.4. The van der Waals surface area contributed by atoms with Crippen molar-refractivity contribution in [3.63, 3.8) is 0 Å². The van der Waals surface area contributed by atoms with Crippen LogP contribution in [0.25, 0.3) is 5.69 Å². The molecular formula is C22H22ClN5O2S. The van der Waals surface area contributed by atoms with E-state index >= 15 is 0 Å². The second-order valence-electron chi connectivity index (χ2n) is 7.39. The number of sulfonamides is 1. The summed E-state index contributed by atoms with van der Waals surface area (Å²) in [4.78, 5) is 2.24. The number of aromatic nitrogens is 2. The molecule has 0 N–H and O–H groups in total. The number of para-hydroxylation sites is 1. The van der Waals surface area contributed by atoms with Crippen LogP contribution in [0.5, 0.6) is 0 Å². The zero-order chi connectivity index (χ0) is 22.0. The lowest BCUT2D eigenvalue weighted by Crippen LogP contribution is -2.48. The number of hydrogen-bond donors (Lipinski definition) is 0. The molecule has 0 radical (unpaired) electrons. The highest BCUT2D eigenvalue weighted by Gasteiger charge is 2.31. The first-order chi connectivity index (χ1) is 14.9. The van der Waals surface area contributed by atoms with Gasteiger partial charge in [0.15, 0.2) is 0 Å². The molecule has 0 bridgehead atoms. The van der Waals surface area contributed by atoms with Gasteiger partial charge in [0.05, 0.1) is 21.8 Å². The number of nitriles is 1. The van der Waals surface area contributed by atoms with Crippen molar-refractivity contribution in [2.24, 2.45) is 0 Å². The minimum absolute atomic E-state index is 0.0639. The van der Waals surface area contributed by atoms with Crippen molar-refractivity contribution in [3.8, 4) is 11.8 Å². The first-order valence-corrected chi connectivity index (χ1v) is 11.7. The monoisotopic (exact) mass is 455 g/mol. The lowest BCUT2D eigenvalue weighted by Gasteiger charge is -2.34. The standard InChI is InChI=1S/C22H22ClN5O2S/c1-17-20(22(23)28(25-17)19-8-3-2-4-9-19)16-26-11-13-27(14-12-26)31(29,30)21-10-6-5-7-18(21)15-24/h2-10H,11-14,16H2,1H3. The molecule has 2 heterocycles. The third kappa shape index (κ3) is 4.23. The van der Waals surface area contributed by atoms with E-state index in [0.29, 0.717) is 37.9 Å². The quantitative estimate of drug-likeness (QED) is 0.590. The Morgan fingerprint density at radius 3 is 2.35 bits per heavy atom. The molecule has 1 aliphatic rings. The zero-order valence-electron chi connectivity index (χ0n) is 17.1. The van der Waals surface area contributed by atoms with Gasteiger partial charge in [-0.1, -0.05) is 41.9 Å². The van der Waals surface area contributed by atoms with Crippen LogP contribution < -0.4 is 0 Å². The van der Waals surface area contributed by atoms with E-state index in [0.717, 1.165) is 16.9 Å². The molecule has 0 unspecified atom stereocenters. The lowest BCUT2D eigenvalue weighted by molar-refractivity contribution is 0.181. The van der Waals surface area contributed by atoms with E-state index in [-0.39, 0.29) is 10.5 Å². The van der Waals surface area contributed by atoms with Gasteiger partial charge in [-0.15, -0.1) is 0 Å². The van der Waals surface area contributed by atoms with Crippen molar-refractivity contribution in [2.45, 2.75) is 18.4 Å². The number of benzene rings is 2. The Labute approximate surface area is 187 Å². The average Bonchev–Trinajstić information content (AvgIpc) is 3.08. The van der Waals surface area contributed by atoms with Gasteiger partial charge in [-0.3, -0.25) is 4.90 Å². The third-order valence-corrected chi connectivity index (χ3v) is 7.81. The van der Waals surface area contributed by atoms with Crippen LogP contribution >= 0.6 is 11.6 Å². The van der Waals surface area contributed by atoms with Gasteiger partial charge in [-0.2, -0.15) is 14.7 Å². The lowest BCUT2D eigenvalue weighted by atomic mass is 10.2. The molecule has 9 heteroatoms. The highest BCUT2D eigenvalue weighted by molar-refractivity contribution is 7.89. The maximum Gasteiger partial charge on any atom is 0.244 e. The van der Waals surface area contributed by atoms with Crippen LogP contribution in [-0.2, 0) is 16.6 Å². The van der Waals surface area contributed by atoms with E-state index in [1.54, 1.807) is 16.8 Å². The molecule has 1 fully saturated rings. The molecule has 1 aliphatic heterocycles. The van der Waals surface area contributed by atoms with E-state index in [1.807, 2.05) is 43.3 Å². The average molecular weight is 456 g/mol. The third-order valence-electron chi connectivity index (χ3n) is 5.46. The topological polar surface area (TPSA) is 82.2 Å². The Morgan fingerprint density at radius 2 is 1.68 bits per heavy atom. The predicted octanol–water partition coefficient (Wildman–Crippen LogP) is 3.21. The van der Waals surface area contributed by atoms with Crippen molar-refractivity contribution in [2.75, 3.05) is 26.2 Å². The van der Waals surface area contributed by atoms with Crippen molar-refractivity contribution >= 4 is 21.6 Å². The summed E-state index contributed by atoms with van der Waals surface area (Å²) < 4.78 is 29.2. The molecule has 160 valence electrons. The summed E-state index contributed by atoms with van der Waals surface area (Å²) in [6, 6.07) is 18.0.